The van der Waals surface area contributed by atoms with E-state index in [0.717, 1.165) is 22.2 Å². The Kier molecular flexibility index (Phi) is 6.22. The monoisotopic (exact) mass is 458 g/mol. The first-order valence-corrected chi connectivity index (χ1v) is 19.1. The van der Waals surface area contributed by atoms with Crippen LogP contribution in [0.25, 0.3) is 10.9 Å². The van der Waals surface area contributed by atoms with Gasteiger partial charge in [-0.3, -0.25) is 0 Å². The van der Waals surface area contributed by atoms with Crippen LogP contribution in [0, 0.1) is 6.92 Å². The average molecular weight is 459 g/mol. The molecule has 0 aliphatic heterocycles. The minimum atomic E-state index is -3.69. The molecule has 162 valence electrons. The highest BCUT2D eigenvalue weighted by molar-refractivity contribution is 7.90. The second kappa shape index (κ2) is 8.11. The summed E-state index contributed by atoms with van der Waals surface area (Å²) in [7, 11) is -6.63. The summed E-state index contributed by atoms with van der Waals surface area (Å²) in [5.41, 5.74) is 2.61. The van der Waals surface area contributed by atoms with Crippen molar-refractivity contribution in [3.05, 3.63) is 65.9 Å². The predicted octanol–water partition coefficient (Wildman–Crippen LogP) is 5.40. The van der Waals surface area contributed by atoms with Crippen molar-refractivity contribution in [3.8, 4) is 0 Å². The molecule has 0 saturated heterocycles. The molecule has 0 aliphatic rings. The number of fused-ring (bicyclic) bond motifs is 1. The van der Waals surface area contributed by atoms with Crippen LogP contribution in [-0.2, 0) is 16.6 Å². The van der Waals surface area contributed by atoms with Gasteiger partial charge in [-0.1, -0.05) is 75.7 Å². The van der Waals surface area contributed by atoms with Crippen molar-refractivity contribution in [2.75, 3.05) is 0 Å². The Morgan fingerprint density at radius 1 is 0.867 bits per heavy atom. The van der Waals surface area contributed by atoms with Crippen molar-refractivity contribution in [2.45, 2.75) is 62.9 Å². The molecule has 0 unspecified atom stereocenters. The molecule has 4 nitrogen and oxygen atoms in total. The van der Waals surface area contributed by atoms with Crippen LogP contribution in [0.2, 0.25) is 39.3 Å². The molecule has 0 amide bonds. The lowest BCUT2D eigenvalue weighted by atomic mass is 10.1. The van der Waals surface area contributed by atoms with Gasteiger partial charge in [-0.05, 0) is 36.0 Å². The first-order chi connectivity index (χ1) is 13.8. The van der Waals surface area contributed by atoms with Gasteiger partial charge in [-0.2, -0.15) is 0 Å². The highest BCUT2D eigenvalue weighted by Crippen LogP contribution is 2.30. The van der Waals surface area contributed by atoms with Crippen molar-refractivity contribution in [2.24, 2.45) is 0 Å². The summed E-state index contributed by atoms with van der Waals surface area (Å²) in [6.45, 7) is 17.0. The minimum Gasteiger partial charge on any atom is -0.314 e. The van der Waals surface area contributed by atoms with Crippen molar-refractivity contribution < 1.29 is 8.42 Å². The van der Waals surface area contributed by atoms with Gasteiger partial charge in [0.25, 0.3) is 10.0 Å². The Hall–Kier alpha value is -1.68. The molecular formula is C23H34N2O2SSi2. The summed E-state index contributed by atoms with van der Waals surface area (Å²) in [5.74, 6) is 0. The van der Waals surface area contributed by atoms with Gasteiger partial charge in [0.15, 0.2) is 0 Å². The Balaban J connectivity index is 2.16. The molecule has 1 aromatic heterocycles. The molecule has 30 heavy (non-hydrogen) atoms. The number of nitrogens with one attached hydrogen (secondary N) is 1. The number of aromatic nitrogens is 1. The topological polar surface area (TPSA) is 51.1 Å². The molecule has 2 aromatic carbocycles. The second-order valence-corrected chi connectivity index (χ2v) is 23.2. The Labute approximate surface area is 183 Å². The van der Waals surface area contributed by atoms with E-state index in [0.29, 0.717) is 16.7 Å². The van der Waals surface area contributed by atoms with Crippen LogP contribution in [0.3, 0.4) is 0 Å². The lowest BCUT2D eigenvalue weighted by Crippen LogP contribution is -2.61. The Bertz CT molecular complexity index is 1130. The van der Waals surface area contributed by atoms with E-state index in [9.17, 15) is 8.42 Å². The highest BCUT2D eigenvalue weighted by Gasteiger charge is 2.37. The van der Waals surface area contributed by atoms with E-state index >= 15 is 0 Å². The summed E-state index contributed by atoms with van der Waals surface area (Å²) in [5, 5.41) is 5.29. The summed E-state index contributed by atoms with van der Waals surface area (Å²) in [6.07, 6.45) is 0. The largest absolute Gasteiger partial charge is 0.314 e. The number of para-hydroxylation sites is 1. The maximum Gasteiger partial charge on any atom is 0.268 e. The van der Waals surface area contributed by atoms with E-state index in [-0.39, 0.29) is 0 Å². The maximum atomic E-state index is 13.7. The Morgan fingerprint density at radius 2 is 1.40 bits per heavy atom. The molecule has 0 spiro atoms. The van der Waals surface area contributed by atoms with Crippen molar-refractivity contribution >= 4 is 37.1 Å². The summed E-state index contributed by atoms with van der Waals surface area (Å²) < 4.78 is 28.9. The fourth-order valence-electron chi connectivity index (χ4n) is 4.71. The number of hydrogen-bond acceptors (Lipinski definition) is 3. The predicted molar refractivity (Wildman–Crippen MR) is 133 cm³/mol. The first kappa shape index (κ1) is 23.0. The molecule has 0 fully saturated rings. The van der Waals surface area contributed by atoms with E-state index in [1.54, 1.807) is 28.2 Å². The summed E-state index contributed by atoms with van der Waals surface area (Å²) in [4.78, 5) is 0.318. The van der Waals surface area contributed by atoms with Crippen LogP contribution in [0.5, 0.6) is 0 Å². The second-order valence-electron chi connectivity index (χ2n) is 10.2. The standard InChI is InChI=1S/C23H34N2O2SSi2/c1-18-20-15-11-12-16-21(20)25(28(26,27)19-13-9-8-10-14-19)22(18)17-24-23(29(2,3)4)30(5,6)7/h8-16,23-24H,17H2,1-7H3. The number of rotatable bonds is 7. The molecule has 1 N–H and O–H groups in total. The fraction of sp³-hybridized carbons (Fsp3) is 0.391. The zero-order valence-electron chi connectivity index (χ0n) is 19.2. The summed E-state index contributed by atoms with van der Waals surface area (Å²) >= 11 is 0. The lowest BCUT2D eigenvalue weighted by Gasteiger charge is -2.39. The smallest absolute Gasteiger partial charge is 0.268 e. The van der Waals surface area contributed by atoms with E-state index in [4.69, 9.17) is 0 Å². The number of hydrogen-bond donors (Lipinski definition) is 1. The molecule has 3 rings (SSSR count). The van der Waals surface area contributed by atoms with Crippen molar-refractivity contribution in [3.63, 3.8) is 0 Å². The number of benzene rings is 2. The van der Waals surface area contributed by atoms with Crippen LogP contribution in [0.4, 0.5) is 0 Å². The van der Waals surface area contributed by atoms with Gasteiger partial charge in [0, 0.05) is 11.9 Å². The van der Waals surface area contributed by atoms with Gasteiger partial charge in [0.05, 0.1) is 32.3 Å². The van der Waals surface area contributed by atoms with Crippen molar-refractivity contribution in [1.29, 1.82) is 0 Å². The molecule has 0 aliphatic carbocycles. The highest BCUT2D eigenvalue weighted by atomic mass is 32.2. The molecule has 0 atom stereocenters. The fourth-order valence-corrected chi connectivity index (χ4v) is 18.2. The molecule has 0 radical (unpaired) electrons. The van der Waals surface area contributed by atoms with Gasteiger partial charge in [0.2, 0.25) is 0 Å². The van der Waals surface area contributed by atoms with E-state index < -0.39 is 26.2 Å². The molecule has 0 saturated carbocycles. The van der Waals surface area contributed by atoms with Gasteiger partial charge < -0.3 is 5.32 Å². The van der Waals surface area contributed by atoms with Crippen molar-refractivity contribution in [1.82, 2.24) is 9.29 Å². The van der Waals surface area contributed by atoms with Crippen LogP contribution in [0.1, 0.15) is 11.3 Å². The van der Waals surface area contributed by atoms with Crippen LogP contribution >= 0.6 is 0 Å². The SMILES string of the molecule is Cc1c(CNC([Si](C)(C)C)[Si](C)(C)C)n(S(=O)(=O)c2ccccc2)c2ccccc12. The van der Waals surface area contributed by atoms with Crippen LogP contribution in [-0.4, -0.2) is 33.8 Å². The average Bonchev–Trinajstić information content (AvgIpc) is 2.93. The van der Waals surface area contributed by atoms with E-state index in [2.05, 4.69) is 44.6 Å². The quantitative estimate of drug-likeness (QED) is 0.482. The Morgan fingerprint density at radius 3 is 1.97 bits per heavy atom. The normalized spacial score (nSPS) is 13.3. The third-order valence-corrected chi connectivity index (χ3v) is 16.5. The zero-order valence-corrected chi connectivity index (χ0v) is 22.0. The number of aryl methyl sites for hydroxylation is 1. The molecule has 7 heteroatoms. The third-order valence-electron chi connectivity index (χ3n) is 5.69. The van der Waals surface area contributed by atoms with Crippen LogP contribution in [0.15, 0.2) is 59.5 Å². The molecular weight excluding hydrogens is 425 g/mol. The van der Waals surface area contributed by atoms with Gasteiger partial charge in [-0.15, -0.1) is 0 Å². The van der Waals surface area contributed by atoms with E-state index in [1.165, 1.54) is 0 Å². The zero-order chi connectivity index (χ0) is 22.3. The van der Waals surface area contributed by atoms with Gasteiger partial charge in [0.1, 0.15) is 0 Å². The summed E-state index contributed by atoms with van der Waals surface area (Å²) in [6, 6.07) is 16.5. The molecule has 1 heterocycles. The van der Waals surface area contributed by atoms with E-state index in [1.807, 2.05) is 37.3 Å². The van der Waals surface area contributed by atoms with Gasteiger partial charge >= 0.3 is 0 Å². The number of nitrogens with zero attached hydrogens (tertiary/aromatic N) is 1. The third kappa shape index (κ3) is 4.35. The molecule has 0 bridgehead atoms. The van der Waals surface area contributed by atoms with Gasteiger partial charge in [-0.25, -0.2) is 12.4 Å². The van der Waals surface area contributed by atoms with Crippen LogP contribution < -0.4 is 5.32 Å². The maximum absolute atomic E-state index is 13.7. The molecule has 3 aromatic rings. The first-order valence-electron chi connectivity index (χ1n) is 10.5. The minimum absolute atomic E-state index is 0.318. The lowest BCUT2D eigenvalue weighted by molar-refractivity contribution is 0.584.